The quantitative estimate of drug-likeness (QED) is 0.639. The summed E-state index contributed by atoms with van der Waals surface area (Å²) >= 11 is 0. The molecule has 1 aliphatic carbocycles. The van der Waals surface area contributed by atoms with Crippen LogP contribution in [0.2, 0.25) is 0 Å². The summed E-state index contributed by atoms with van der Waals surface area (Å²) in [5, 5.41) is 27.1. The molecule has 32 heavy (non-hydrogen) atoms. The van der Waals surface area contributed by atoms with E-state index in [1.807, 2.05) is 6.92 Å². The zero-order chi connectivity index (χ0) is 22.7. The summed E-state index contributed by atoms with van der Waals surface area (Å²) in [6.07, 6.45) is 7.00. The minimum atomic E-state index is -0.163. The number of carbonyl (C=O) groups is 1. The molecule has 8 nitrogen and oxygen atoms in total. The number of nitrogens with zero attached hydrogens (tertiary/aromatic N) is 4. The molecule has 3 aromatic rings. The minimum absolute atomic E-state index is 0.0580. The molecule has 8 heteroatoms. The third kappa shape index (κ3) is 4.34. The van der Waals surface area contributed by atoms with Gasteiger partial charge in [-0.05, 0) is 68.0 Å². The lowest BCUT2D eigenvalue weighted by molar-refractivity contribution is 0.0599. The monoisotopic (exact) mass is 431 g/mol. The number of amides is 1. The van der Waals surface area contributed by atoms with Gasteiger partial charge in [0.05, 0.1) is 35.1 Å². The fraction of sp³-hybridized carbons (Fsp3) is 0.333. The van der Waals surface area contributed by atoms with Crippen molar-refractivity contribution in [3.8, 4) is 28.9 Å². The summed E-state index contributed by atoms with van der Waals surface area (Å²) < 4.78 is 6.70. The van der Waals surface area contributed by atoms with Crippen LogP contribution in [-0.4, -0.2) is 45.0 Å². The lowest BCUT2D eigenvalue weighted by Crippen LogP contribution is -2.38. The van der Waals surface area contributed by atoms with Gasteiger partial charge in [-0.2, -0.15) is 15.0 Å². The van der Waals surface area contributed by atoms with Crippen LogP contribution in [-0.2, 0) is 4.74 Å². The van der Waals surface area contributed by atoms with E-state index in [9.17, 15) is 9.90 Å². The summed E-state index contributed by atoms with van der Waals surface area (Å²) in [4.78, 5) is 16.9. The number of nitriles is 1. The zero-order valence-corrected chi connectivity index (χ0v) is 18.1. The van der Waals surface area contributed by atoms with Crippen LogP contribution in [0.15, 0.2) is 42.7 Å². The summed E-state index contributed by atoms with van der Waals surface area (Å²) in [6, 6.07) is 10.8. The Morgan fingerprint density at radius 3 is 2.59 bits per heavy atom. The standard InChI is InChI=1S/C24H25N5O3/c1-15-11-16(12-25)3-9-20(15)21-14-27-29(24(21)31)22-10-4-17(13-26-22)23(30)28-18-5-7-19(32-2)8-6-18/h3-4,9-11,13-14,18-19,31H,5-8H2,1-2H3,(H,28,30). The van der Waals surface area contributed by atoms with Gasteiger partial charge in [-0.15, -0.1) is 0 Å². The van der Waals surface area contributed by atoms with Crippen LogP contribution in [0.5, 0.6) is 5.88 Å². The highest BCUT2D eigenvalue weighted by atomic mass is 16.5. The number of aromatic hydroxyl groups is 1. The van der Waals surface area contributed by atoms with Crippen molar-refractivity contribution in [3.63, 3.8) is 0 Å². The van der Waals surface area contributed by atoms with E-state index in [-0.39, 0.29) is 23.9 Å². The molecule has 0 saturated heterocycles. The maximum Gasteiger partial charge on any atom is 0.253 e. The number of nitrogens with one attached hydrogen (secondary N) is 1. The SMILES string of the molecule is COC1CCC(NC(=O)c2ccc(-n3ncc(-c4ccc(C#N)cc4C)c3O)nc2)CC1. The second-order valence-corrected chi connectivity index (χ2v) is 8.02. The van der Waals surface area contributed by atoms with Crippen molar-refractivity contribution in [1.82, 2.24) is 20.1 Å². The zero-order valence-electron chi connectivity index (χ0n) is 18.1. The van der Waals surface area contributed by atoms with Gasteiger partial charge < -0.3 is 15.2 Å². The highest BCUT2D eigenvalue weighted by molar-refractivity contribution is 5.94. The molecule has 0 atom stereocenters. The molecule has 1 amide bonds. The maximum atomic E-state index is 12.6. The number of hydrogen-bond acceptors (Lipinski definition) is 6. The normalized spacial score (nSPS) is 18.2. The van der Waals surface area contributed by atoms with Gasteiger partial charge in [0.25, 0.3) is 5.91 Å². The fourth-order valence-electron chi connectivity index (χ4n) is 4.09. The van der Waals surface area contributed by atoms with Crippen molar-refractivity contribution in [3.05, 3.63) is 59.4 Å². The number of benzene rings is 1. The number of ether oxygens (including phenoxy) is 1. The molecule has 0 radical (unpaired) electrons. The number of methoxy groups -OCH3 is 1. The van der Waals surface area contributed by atoms with Crippen molar-refractivity contribution in [2.24, 2.45) is 0 Å². The number of hydrogen-bond donors (Lipinski definition) is 2. The number of aromatic nitrogens is 3. The van der Waals surface area contributed by atoms with E-state index in [0.29, 0.717) is 22.5 Å². The maximum absolute atomic E-state index is 12.6. The molecule has 1 aromatic carbocycles. The number of aryl methyl sites for hydroxylation is 1. The van der Waals surface area contributed by atoms with Gasteiger partial charge in [0.1, 0.15) is 0 Å². The molecule has 0 spiro atoms. The van der Waals surface area contributed by atoms with Gasteiger partial charge in [0.15, 0.2) is 5.82 Å². The van der Waals surface area contributed by atoms with E-state index in [1.54, 1.807) is 43.6 Å². The van der Waals surface area contributed by atoms with Gasteiger partial charge >= 0.3 is 0 Å². The van der Waals surface area contributed by atoms with Crippen LogP contribution in [0, 0.1) is 18.3 Å². The average Bonchev–Trinajstić information content (AvgIpc) is 3.20. The van der Waals surface area contributed by atoms with Gasteiger partial charge in [0, 0.05) is 19.3 Å². The van der Waals surface area contributed by atoms with E-state index in [0.717, 1.165) is 36.8 Å². The number of rotatable bonds is 5. The van der Waals surface area contributed by atoms with Crippen molar-refractivity contribution >= 4 is 5.91 Å². The Bertz CT molecular complexity index is 1160. The lowest BCUT2D eigenvalue weighted by Gasteiger charge is -2.28. The first kappa shape index (κ1) is 21.5. The smallest absolute Gasteiger partial charge is 0.253 e. The van der Waals surface area contributed by atoms with Crippen LogP contribution >= 0.6 is 0 Å². The van der Waals surface area contributed by atoms with Crippen molar-refractivity contribution in [2.45, 2.75) is 44.8 Å². The first-order valence-corrected chi connectivity index (χ1v) is 10.6. The molecular weight excluding hydrogens is 406 g/mol. The van der Waals surface area contributed by atoms with E-state index in [4.69, 9.17) is 10.00 Å². The molecule has 4 rings (SSSR count). The molecule has 1 saturated carbocycles. The molecule has 2 heterocycles. The second kappa shape index (κ2) is 9.20. The van der Waals surface area contributed by atoms with Crippen molar-refractivity contribution in [1.29, 1.82) is 5.26 Å². The van der Waals surface area contributed by atoms with Crippen LogP contribution < -0.4 is 5.32 Å². The second-order valence-electron chi connectivity index (χ2n) is 8.02. The Balaban J connectivity index is 1.48. The highest BCUT2D eigenvalue weighted by Gasteiger charge is 2.23. The van der Waals surface area contributed by atoms with Crippen LogP contribution in [0.1, 0.15) is 47.2 Å². The Kier molecular flexibility index (Phi) is 6.19. The molecule has 2 N–H and O–H groups in total. The third-order valence-electron chi connectivity index (χ3n) is 5.96. The Morgan fingerprint density at radius 1 is 1.19 bits per heavy atom. The first-order chi connectivity index (χ1) is 15.5. The minimum Gasteiger partial charge on any atom is -0.493 e. The van der Waals surface area contributed by atoms with Crippen LogP contribution in [0.25, 0.3) is 16.9 Å². The van der Waals surface area contributed by atoms with Gasteiger partial charge in [-0.3, -0.25) is 4.79 Å². The molecule has 0 unspecified atom stereocenters. The number of pyridine rings is 1. The van der Waals surface area contributed by atoms with Crippen LogP contribution in [0.3, 0.4) is 0 Å². The average molecular weight is 431 g/mol. The van der Waals surface area contributed by atoms with Gasteiger partial charge in [-0.1, -0.05) is 6.07 Å². The number of carbonyl (C=O) groups excluding carboxylic acids is 1. The lowest BCUT2D eigenvalue weighted by atomic mass is 9.93. The summed E-state index contributed by atoms with van der Waals surface area (Å²) in [5.41, 5.74) is 3.20. The van der Waals surface area contributed by atoms with Crippen LogP contribution in [0.4, 0.5) is 0 Å². The molecule has 1 aliphatic rings. The highest BCUT2D eigenvalue weighted by Crippen LogP contribution is 2.33. The van der Waals surface area contributed by atoms with E-state index in [1.165, 1.54) is 10.9 Å². The van der Waals surface area contributed by atoms with E-state index >= 15 is 0 Å². The summed E-state index contributed by atoms with van der Waals surface area (Å²) in [5.74, 6) is 0.179. The Morgan fingerprint density at radius 2 is 1.97 bits per heavy atom. The van der Waals surface area contributed by atoms with Gasteiger partial charge in [0.2, 0.25) is 5.88 Å². The van der Waals surface area contributed by atoms with Crippen molar-refractivity contribution < 1.29 is 14.6 Å². The predicted molar refractivity (Wildman–Crippen MR) is 118 cm³/mol. The topological polar surface area (TPSA) is 113 Å². The molecule has 164 valence electrons. The third-order valence-corrected chi connectivity index (χ3v) is 5.96. The molecule has 2 aromatic heterocycles. The molecule has 0 bridgehead atoms. The van der Waals surface area contributed by atoms with Gasteiger partial charge in [-0.25, -0.2) is 4.98 Å². The van der Waals surface area contributed by atoms with E-state index < -0.39 is 0 Å². The van der Waals surface area contributed by atoms with Crippen molar-refractivity contribution in [2.75, 3.05) is 7.11 Å². The first-order valence-electron chi connectivity index (χ1n) is 10.6. The largest absolute Gasteiger partial charge is 0.493 e. The predicted octanol–water partition coefficient (Wildman–Crippen LogP) is 3.51. The summed E-state index contributed by atoms with van der Waals surface area (Å²) in [7, 11) is 1.72. The van der Waals surface area contributed by atoms with E-state index in [2.05, 4.69) is 21.5 Å². The Hall–Kier alpha value is -3.70. The molecule has 1 fully saturated rings. The fourth-order valence-corrected chi connectivity index (χ4v) is 4.09. The summed E-state index contributed by atoms with van der Waals surface area (Å²) in [6.45, 7) is 1.88. The Labute approximate surface area is 186 Å². The molecular formula is C24H25N5O3. The molecule has 0 aliphatic heterocycles.